The lowest BCUT2D eigenvalue weighted by molar-refractivity contribution is -0.140. The summed E-state index contributed by atoms with van der Waals surface area (Å²) in [7, 11) is 0. The first-order chi connectivity index (χ1) is 11.8. The van der Waals surface area contributed by atoms with Crippen LogP contribution >= 0.6 is 0 Å². The fourth-order valence-corrected chi connectivity index (χ4v) is 3.51. The molecule has 1 fully saturated rings. The van der Waals surface area contributed by atoms with E-state index in [1.165, 1.54) is 25.7 Å². The van der Waals surface area contributed by atoms with Crippen molar-refractivity contribution >= 4 is 5.97 Å². The van der Waals surface area contributed by atoms with Crippen molar-refractivity contribution in [2.75, 3.05) is 0 Å². The van der Waals surface area contributed by atoms with E-state index in [0.29, 0.717) is 24.5 Å². The Morgan fingerprint density at radius 3 is 2.24 bits per heavy atom. The van der Waals surface area contributed by atoms with Crippen LogP contribution in [0.15, 0.2) is 18.2 Å². The molecule has 0 amide bonds. The van der Waals surface area contributed by atoms with E-state index < -0.39 is 23.5 Å². The number of rotatable bonds is 6. The molecule has 0 bridgehead atoms. The first-order valence-electron chi connectivity index (χ1n) is 8.87. The standard InChI is InChI=1S/C19H24F4O2/c1-2-3-13-4-6-14(7-5-13)8-11-18(24)25-15-9-10-16(17(20)12-15)19(21,22)23/h9-10,12-14H,2-8,11H2,1H3/t13-,14-. The molecule has 140 valence electrons. The second kappa shape index (κ2) is 8.68. The Kier molecular flexibility index (Phi) is 6.85. The molecular weight excluding hydrogens is 336 g/mol. The maximum absolute atomic E-state index is 13.5. The van der Waals surface area contributed by atoms with E-state index in [1.807, 2.05) is 0 Å². The van der Waals surface area contributed by atoms with Gasteiger partial charge in [-0.2, -0.15) is 13.2 Å². The van der Waals surface area contributed by atoms with Crippen molar-refractivity contribution in [3.63, 3.8) is 0 Å². The summed E-state index contributed by atoms with van der Waals surface area (Å²) in [6.45, 7) is 2.19. The number of hydrogen-bond acceptors (Lipinski definition) is 2. The average molecular weight is 360 g/mol. The molecule has 1 aromatic rings. The predicted octanol–water partition coefficient (Wildman–Crippen LogP) is 6.14. The molecule has 0 aliphatic heterocycles. The number of carbonyl (C=O) groups excluding carboxylic acids is 1. The van der Waals surface area contributed by atoms with Crippen LogP contribution in [0.4, 0.5) is 17.6 Å². The third-order valence-electron chi connectivity index (χ3n) is 4.90. The van der Waals surface area contributed by atoms with Crippen molar-refractivity contribution in [3.8, 4) is 5.75 Å². The van der Waals surface area contributed by atoms with E-state index in [-0.39, 0.29) is 12.2 Å². The van der Waals surface area contributed by atoms with Crippen molar-refractivity contribution < 1.29 is 27.1 Å². The highest BCUT2D eigenvalue weighted by Crippen LogP contribution is 2.34. The highest BCUT2D eigenvalue weighted by atomic mass is 19.4. The summed E-state index contributed by atoms with van der Waals surface area (Å²) in [6, 6.07) is 2.17. The lowest BCUT2D eigenvalue weighted by Gasteiger charge is -2.28. The topological polar surface area (TPSA) is 26.3 Å². The summed E-state index contributed by atoms with van der Waals surface area (Å²) in [5.74, 6) is -0.877. The Morgan fingerprint density at radius 2 is 1.72 bits per heavy atom. The second-order valence-electron chi connectivity index (χ2n) is 6.83. The van der Waals surface area contributed by atoms with E-state index in [2.05, 4.69) is 6.92 Å². The predicted molar refractivity (Wildman–Crippen MR) is 86.6 cm³/mol. The van der Waals surface area contributed by atoms with Gasteiger partial charge in [0, 0.05) is 12.5 Å². The molecule has 1 aliphatic rings. The number of alkyl halides is 3. The fourth-order valence-electron chi connectivity index (χ4n) is 3.51. The van der Waals surface area contributed by atoms with Crippen LogP contribution in [0.2, 0.25) is 0 Å². The fraction of sp³-hybridized carbons (Fsp3) is 0.632. The van der Waals surface area contributed by atoms with Gasteiger partial charge in [-0.3, -0.25) is 4.79 Å². The maximum Gasteiger partial charge on any atom is 0.419 e. The van der Waals surface area contributed by atoms with Gasteiger partial charge in [0.25, 0.3) is 0 Å². The Labute approximate surface area is 145 Å². The Bertz CT molecular complexity index is 575. The van der Waals surface area contributed by atoms with E-state index >= 15 is 0 Å². The first kappa shape index (κ1) is 19.7. The molecule has 2 nitrogen and oxygen atoms in total. The summed E-state index contributed by atoms with van der Waals surface area (Å²) in [4.78, 5) is 11.8. The SMILES string of the molecule is CCC[C@H]1CC[C@H](CCC(=O)Oc2ccc(C(F)(F)F)c(F)c2)CC1. The maximum atomic E-state index is 13.5. The summed E-state index contributed by atoms with van der Waals surface area (Å²) >= 11 is 0. The van der Waals surface area contributed by atoms with E-state index in [9.17, 15) is 22.4 Å². The highest BCUT2D eigenvalue weighted by molar-refractivity contribution is 5.72. The summed E-state index contributed by atoms with van der Waals surface area (Å²) in [5, 5.41) is 0. The van der Waals surface area contributed by atoms with Crippen LogP contribution in [-0.2, 0) is 11.0 Å². The van der Waals surface area contributed by atoms with Gasteiger partial charge in [-0.25, -0.2) is 4.39 Å². The summed E-state index contributed by atoms with van der Waals surface area (Å²) < 4.78 is 55.9. The van der Waals surface area contributed by atoms with Gasteiger partial charge in [-0.1, -0.05) is 45.4 Å². The Hall–Kier alpha value is -1.59. The molecule has 0 radical (unpaired) electrons. The molecule has 0 saturated heterocycles. The van der Waals surface area contributed by atoms with Crippen molar-refractivity contribution in [2.45, 2.75) is 64.5 Å². The van der Waals surface area contributed by atoms with Crippen LogP contribution in [0.3, 0.4) is 0 Å². The largest absolute Gasteiger partial charge is 0.426 e. The van der Waals surface area contributed by atoms with Crippen LogP contribution in [-0.4, -0.2) is 5.97 Å². The quantitative estimate of drug-likeness (QED) is 0.346. The zero-order valence-corrected chi connectivity index (χ0v) is 14.4. The number of ether oxygens (including phenoxy) is 1. The van der Waals surface area contributed by atoms with Crippen molar-refractivity contribution in [2.24, 2.45) is 11.8 Å². The molecule has 0 unspecified atom stereocenters. The van der Waals surface area contributed by atoms with Gasteiger partial charge < -0.3 is 4.74 Å². The summed E-state index contributed by atoms with van der Waals surface area (Å²) in [5.41, 5.74) is -1.36. The molecule has 0 aromatic heterocycles. The zero-order chi connectivity index (χ0) is 18.4. The highest BCUT2D eigenvalue weighted by Gasteiger charge is 2.34. The number of hydrogen-bond donors (Lipinski definition) is 0. The van der Waals surface area contributed by atoms with Gasteiger partial charge in [0.2, 0.25) is 0 Å². The molecule has 1 aliphatic carbocycles. The van der Waals surface area contributed by atoms with Gasteiger partial charge in [0.05, 0.1) is 5.56 Å². The van der Waals surface area contributed by atoms with Crippen molar-refractivity contribution in [3.05, 3.63) is 29.6 Å². The van der Waals surface area contributed by atoms with Crippen LogP contribution < -0.4 is 4.74 Å². The molecule has 2 rings (SSSR count). The number of carbonyl (C=O) groups is 1. The zero-order valence-electron chi connectivity index (χ0n) is 14.4. The van der Waals surface area contributed by atoms with Crippen molar-refractivity contribution in [1.29, 1.82) is 0 Å². The number of esters is 1. The van der Waals surface area contributed by atoms with E-state index in [1.54, 1.807) is 0 Å². The third kappa shape index (κ3) is 6.01. The number of benzene rings is 1. The molecule has 0 N–H and O–H groups in total. The molecule has 25 heavy (non-hydrogen) atoms. The van der Waals surface area contributed by atoms with Gasteiger partial charge >= 0.3 is 12.1 Å². The molecule has 0 spiro atoms. The van der Waals surface area contributed by atoms with Crippen LogP contribution in [0.25, 0.3) is 0 Å². The summed E-state index contributed by atoms with van der Waals surface area (Å²) in [6.07, 6.45) is 3.20. The van der Waals surface area contributed by atoms with Gasteiger partial charge in [-0.05, 0) is 30.4 Å². The number of halogens is 4. The van der Waals surface area contributed by atoms with Gasteiger partial charge in [0.15, 0.2) is 0 Å². The van der Waals surface area contributed by atoms with Crippen LogP contribution in [0.5, 0.6) is 5.75 Å². The third-order valence-corrected chi connectivity index (χ3v) is 4.90. The minimum atomic E-state index is -4.76. The molecule has 0 atom stereocenters. The molecule has 0 heterocycles. The minimum absolute atomic E-state index is 0.192. The Balaban J connectivity index is 1.78. The average Bonchev–Trinajstić information content (AvgIpc) is 2.53. The van der Waals surface area contributed by atoms with Crippen molar-refractivity contribution in [1.82, 2.24) is 0 Å². The minimum Gasteiger partial charge on any atom is -0.426 e. The normalized spacial score (nSPS) is 21.2. The molecule has 1 saturated carbocycles. The lowest BCUT2D eigenvalue weighted by atomic mass is 9.78. The monoisotopic (exact) mass is 360 g/mol. The van der Waals surface area contributed by atoms with Gasteiger partial charge in [0.1, 0.15) is 11.6 Å². The molecule has 1 aromatic carbocycles. The smallest absolute Gasteiger partial charge is 0.419 e. The van der Waals surface area contributed by atoms with Crippen LogP contribution in [0, 0.1) is 17.7 Å². The van der Waals surface area contributed by atoms with E-state index in [4.69, 9.17) is 4.74 Å². The molecular formula is C19H24F4O2. The van der Waals surface area contributed by atoms with Crippen LogP contribution in [0.1, 0.15) is 63.9 Å². The lowest BCUT2D eigenvalue weighted by Crippen LogP contribution is -2.17. The molecule has 6 heteroatoms. The van der Waals surface area contributed by atoms with E-state index in [0.717, 1.165) is 24.8 Å². The second-order valence-corrected chi connectivity index (χ2v) is 6.83. The first-order valence-corrected chi connectivity index (χ1v) is 8.87. The van der Waals surface area contributed by atoms with Gasteiger partial charge in [-0.15, -0.1) is 0 Å². The Morgan fingerprint density at radius 1 is 1.12 bits per heavy atom.